The predicted octanol–water partition coefficient (Wildman–Crippen LogP) is 4.10. The summed E-state index contributed by atoms with van der Waals surface area (Å²) in [4.78, 5) is 15.0. The number of aryl methyl sites for hydroxylation is 1. The zero-order valence-electron chi connectivity index (χ0n) is 15.7. The van der Waals surface area contributed by atoms with Crippen molar-refractivity contribution in [2.45, 2.75) is 19.4 Å². The molecule has 0 aromatic heterocycles. The second-order valence-corrected chi connectivity index (χ2v) is 7.42. The molecule has 0 aliphatic carbocycles. The van der Waals surface area contributed by atoms with Crippen LogP contribution >= 0.6 is 24.0 Å². The Kier molecular flexibility index (Phi) is 6.83. The van der Waals surface area contributed by atoms with Crippen LogP contribution in [0.2, 0.25) is 5.02 Å². The van der Waals surface area contributed by atoms with Crippen molar-refractivity contribution in [3.63, 3.8) is 0 Å². The van der Waals surface area contributed by atoms with Gasteiger partial charge in [0.2, 0.25) is 5.91 Å². The number of carbonyl (C=O) groups excluding carboxylic acids is 1. The molecule has 5 nitrogen and oxygen atoms in total. The van der Waals surface area contributed by atoms with Gasteiger partial charge >= 0.3 is 0 Å². The number of rotatable bonds is 4. The maximum absolute atomic E-state index is 12.7. The predicted molar refractivity (Wildman–Crippen MR) is 112 cm³/mol. The zero-order chi connectivity index (χ0) is 18.8. The number of hydrogen-bond donors (Lipinski definition) is 1. The fraction of sp³-hybridized carbons (Fsp3) is 0.381. The number of benzene rings is 2. The quantitative estimate of drug-likeness (QED) is 0.805. The van der Waals surface area contributed by atoms with E-state index in [4.69, 9.17) is 21.1 Å². The summed E-state index contributed by atoms with van der Waals surface area (Å²) in [5.41, 5.74) is 2.94. The Morgan fingerprint density at radius 2 is 2.00 bits per heavy atom. The Balaban J connectivity index is 0.00000225. The molecule has 2 heterocycles. The van der Waals surface area contributed by atoms with E-state index in [0.29, 0.717) is 17.2 Å². The fourth-order valence-corrected chi connectivity index (χ4v) is 3.79. The molecule has 4 rings (SSSR count). The van der Waals surface area contributed by atoms with Crippen LogP contribution in [0, 0.1) is 6.92 Å². The molecule has 2 aliphatic rings. The molecule has 0 saturated carbocycles. The minimum absolute atomic E-state index is 0. The molecule has 1 unspecified atom stereocenters. The minimum atomic E-state index is -0.238. The van der Waals surface area contributed by atoms with Crippen LogP contribution in [-0.2, 0) is 9.53 Å². The van der Waals surface area contributed by atoms with Gasteiger partial charge in [0, 0.05) is 42.2 Å². The third kappa shape index (κ3) is 4.44. The average Bonchev–Trinajstić information content (AvgIpc) is 2.67. The van der Waals surface area contributed by atoms with E-state index in [0.717, 1.165) is 55.3 Å². The zero-order valence-corrected chi connectivity index (χ0v) is 17.3. The number of amides is 1. The highest BCUT2D eigenvalue weighted by Crippen LogP contribution is 2.45. The summed E-state index contributed by atoms with van der Waals surface area (Å²) >= 11 is 6.15. The van der Waals surface area contributed by atoms with Gasteiger partial charge in [0.25, 0.3) is 0 Å². The van der Waals surface area contributed by atoms with Gasteiger partial charge in [-0.2, -0.15) is 0 Å². The summed E-state index contributed by atoms with van der Waals surface area (Å²) in [5.74, 6) is 1.52. The van der Waals surface area contributed by atoms with Crippen LogP contribution < -0.4 is 10.1 Å². The van der Waals surface area contributed by atoms with Crippen molar-refractivity contribution in [2.24, 2.45) is 0 Å². The van der Waals surface area contributed by atoms with E-state index in [1.54, 1.807) is 6.07 Å². The minimum Gasteiger partial charge on any atom is -0.456 e. The molecule has 0 spiro atoms. The van der Waals surface area contributed by atoms with E-state index in [9.17, 15) is 4.79 Å². The SMILES string of the molecule is Cc1cccc2c1Oc1cc(Cl)ccc1C2NC(=O)CCN1CCOCC1.Cl. The maximum atomic E-state index is 12.7. The first-order chi connectivity index (χ1) is 13.1. The molecule has 2 aromatic rings. The molecule has 7 heteroatoms. The number of nitrogens with one attached hydrogen (secondary N) is 1. The number of hydrogen-bond acceptors (Lipinski definition) is 4. The molecular formula is C21H24Cl2N2O3. The summed E-state index contributed by atoms with van der Waals surface area (Å²) in [6.45, 7) is 5.99. The number of ether oxygens (including phenoxy) is 2. The number of carbonyl (C=O) groups is 1. The standard InChI is InChI=1S/C21H23ClN2O3.ClH/c1-14-3-2-4-17-20(16-6-5-15(22)13-18(16)27-21(14)17)23-19(25)7-8-24-9-11-26-12-10-24;/h2-6,13,20H,7-12H2,1H3,(H,23,25);1H. The van der Waals surface area contributed by atoms with Gasteiger partial charge in [-0.15, -0.1) is 12.4 Å². The van der Waals surface area contributed by atoms with Crippen molar-refractivity contribution in [3.8, 4) is 11.5 Å². The summed E-state index contributed by atoms with van der Waals surface area (Å²) in [7, 11) is 0. The van der Waals surface area contributed by atoms with Gasteiger partial charge < -0.3 is 14.8 Å². The smallest absolute Gasteiger partial charge is 0.222 e. The Morgan fingerprint density at radius 1 is 1.21 bits per heavy atom. The Bertz CT molecular complexity index is 854. The largest absolute Gasteiger partial charge is 0.456 e. The molecule has 2 aliphatic heterocycles. The molecule has 2 aromatic carbocycles. The Labute approximate surface area is 176 Å². The van der Waals surface area contributed by atoms with Crippen LogP contribution in [0.15, 0.2) is 36.4 Å². The molecule has 1 amide bonds. The monoisotopic (exact) mass is 422 g/mol. The highest BCUT2D eigenvalue weighted by molar-refractivity contribution is 6.30. The second kappa shape index (κ2) is 9.14. The molecule has 0 radical (unpaired) electrons. The van der Waals surface area contributed by atoms with Crippen LogP contribution in [0.4, 0.5) is 0 Å². The second-order valence-electron chi connectivity index (χ2n) is 6.98. The van der Waals surface area contributed by atoms with E-state index >= 15 is 0 Å². The third-order valence-corrected chi connectivity index (χ3v) is 5.35. The van der Waals surface area contributed by atoms with Crippen molar-refractivity contribution < 1.29 is 14.3 Å². The van der Waals surface area contributed by atoms with Gasteiger partial charge in [-0.3, -0.25) is 9.69 Å². The molecule has 150 valence electrons. The lowest BCUT2D eigenvalue weighted by Crippen LogP contribution is -2.39. The Hall–Kier alpha value is -1.79. The van der Waals surface area contributed by atoms with Crippen LogP contribution in [0.25, 0.3) is 0 Å². The van der Waals surface area contributed by atoms with Gasteiger partial charge in [0.15, 0.2) is 0 Å². The summed E-state index contributed by atoms with van der Waals surface area (Å²) in [5, 5.41) is 3.81. The number of para-hydroxylation sites is 1. The first-order valence-electron chi connectivity index (χ1n) is 9.28. The van der Waals surface area contributed by atoms with Crippen molar-refractivity contribution in [1.82, 2.24) is 10.2 Å². The lowest BCUT2D eigenvalue weighted by molar-refractivity contribution is -0.122. The topological polar surface area (TPSA) is 50.8 Å². The van der Waals surface area contributed by atoms with E-state index in [2.05, 4.69) is 10.2 Å². The van der Waals surface area contributed by atoms with Crippen molar-refractivity contribution in [2.75, 3.05) is 32.8 Å². The molecule has 28 heavy (non-hydrogen) atoms. The summed E-state index contributed by atoms with van der Waals surface area (Å²) in [6, 6.07) is 11.3. The third-order valence-electron chi connectivity index (χ3n) is 5.12. The van der Waals surface area contributed by atoms with E-state index in [1.807, 2.05) is 37.3 Å². The summed E-state index contributed by atoms with van der Waals surface area (Å²) < 4.78 is 11.5. The lowest BCUT2D eigenvalue weighted by atomic mass is 9.93. The van der Waals surface area contributed by atoms with E-state index in [-0.39, 0.29) is 24.4 Å². The molecule has 1 fully saturated rings. The number of halogens is 2. The van der Waals surface area contributed by atoms with Gasteiger partial charge in [-0.05, 0) is 24.6 Å². The molecule has 1 saturated heterocycles. The van der Waals surface area contributed by atoms with Crippen LogP contribution in [0.1, 0.15) is 29.2 Å². The molecule has 1 atom stereocenters. The fourth-order valence-electron chi connectivity index (χ4n) is 3.63. The van der Waals surface area contributed by atoms with Gasteiger partial charge in [-0.25, -0.2) is 0 Å². The summed E-state index contributed by atoms with van der Waals surface area (Å²) in [6.07, 6.45) is 0.460. The van der Waals surface area contributed by atoms with Gasteiger partial charge in [0.05, 0.1) is 19.3 Å². The van der Waals surface area contributed by atoms with E-state index < -0.39 is 0 Å². The van der Waals surface area contributed by atoms with Crippen LogP contribution in [-0.4, -0.2) is 43.7 Å². The maximum Gasteiger partial charge on any atom is 0.222 e. The lowest BCUT2D eigenvalue weighted by Gasteiger charge is -2.30. The molecule has 0 bridgehead atoms. The number of fused-ring (bicyclic) bond motifs is 2. The Morgan fingerprint density at radius 3 is 2.79 bits per heavy atom. The van der Waals surface area contributed by atoms with Gasteiger partial charge in [-0.1, -0.05) is 35.9 Å². The first kappa shape index (κ1) is 20.9. The van der Waals surface area contributed by atoms with Crippen molar-refractivity contribution in [1.29, 1.82) is 0 Å². The van der Waals surface area contributed by atoms with Gasteiger partial charge in [0.1, 0.15) is 11.5 Å². The normalized spacial score (nSPS) is 18.3. The molecule has 1 N–H and O–H groups in total. The number of morpholine rings is 1. The average molecular weight is 423 g/mol. The van der Waals surface area contributed by atoms with Crippen molar-refractivity contribution in [3.05, 3.63) is 58.1 Å². The number of nitrogens with zero attached hydrogens (tertiary/aromatic N) is 1. The molecular weight excluding hydrogens is 399 g/mol. The highest BCUT2D eigenvalue weighted by atomic mass is 35.5. The highest BCUT2D eigenvalue weighted by Gasteiger charge is 2.29. The first-order valence-corrected chi connectivity index (χ1v) is 9.66. The van der Waals surface area contributed by atoms with Crippen molar-refractivity contribution >= 4 is 29.9 Å². The van der Waals surface area contributed by atoms with E-state index in [1.165, 1.54) is 0 Å². The van der Waals surface area contributed by atoms with Crippen LogP contribution in [0.3, 0.4) is 0 Å². The van der Waals surface area contributed by atoms with Crippen LogP contribution in [0.5, 0.6) is 11.5 Å².